The number of furan rings is 1. The van der Waals surface area contributed by atoms with E-state index in [1.54, 1.807) is 48.0 Å². The maximum atomic E-state index is 11.7. The fourth-order valence-corrected chi connectivity index (χ4v) is 2.21. The number of rotatable bonds is 5. The molecule has 1 aromatic carbocycles. The molecule has 0 amide bonds. The molecule has 0 unspecified atom stereocenters. The van der Waals surface area contributed by atoms with E-state index in [2.05, 4.69) is 10.3 Å². The molecule has 7 nitrogen and oxygen atoms in total. The molecule has 3 rings (SSSR count). The Labute approximate surface area is 132 Å². The van der Waals surface area contributed by atoms with Crippen molar-refractivity contribution in [3.8, 4) is 17.1 Å². The zero-order valence-electron chi connectivity index (χ0n) is 12.5. The molecular formula is C16H15N3O4. The third-order valence-corrected chi connectivity index (χ3v) is 3.27. The van der Waals surface area contributed by atoms with E-state index >= 15 is 0 Å². The number of esters is 1. The van der Waals surface area contributed by atoms with Crippen molar-refractivity contribution in [2.75, 3.05) is 6.61 Å². The number of aliphatic hydroxyl groups is 1. The number of hydrogen-bond acceptors (Lipinski definition) is 6. The zero-order chi connectivity index (χ0) is 16.2. The van der Waals surface area contributed by atoms with E-state index in [0.29, 0.717) is 35.0 Å². The summed E-state index contributed by atoms with van der Waals surface area (Å²) in [7, 11) is 0. The Hall–Kier alpha value is -2.93. The van der Waals surface area contributed by atoms with Gasteiger partial charge in [-0.1, -0.05) is 5.21 Å². The van der Waals surface area contributed by atoms with Crippen molar-refractivity contribution in [3.05, 3.63) is 53.9 Å². The standard InChI is InChI=1S/C16H15N3O4/c1-2-22-16(21)11-5-7-12(8-6-11)19-15(13(10-20)17-18-19)14-4-3-9-23-14/h3-9,20H,2,10H2,1H3. The van der Waals surface area contributed by atoms with E-state index in [0.717, 1.165) is 0 Å². The van der Waals surface area contributed by atoms with Crippen LogP contribution in [0.4, 0.5) is 0 Å². The normalized spacial score (nSPS) is 10.7. The molecule has 0 atom stereocenters. The lowest BCUT2D eigenvalue weighted by Crippen LogP contribution is -2.05. The van der Waals surface area contributed by atoms with Crippen LogP contribution in [-0.2, 0) is 11.3 Å². The highest BCUT2D eigenvalue weighted by Gasteiger charge is 2.18. The molecule has 0 radical (unpaired) electrons. The lowest BCUT2D eigenvalue weighted by atomic mass is 10.2. The van der Waals surface area contributed by atoms with Gasteiger partial charge < -0.3 is 14.3 Å². The molecule has 0 fully saturated rings. The number of ether oxygens (including phenoxy) is 1. The Kier molecular flexibility index (Phi) is 4.20. The van der Waals surface area contributed by atoms with Crippen molar-refractivity contribution in [3.63, 3.8) is 0 Å². The van der Waals surface area contributed by atoms with Crippen LogP contribution in [0.25, 0.3) is 17.1 Å². The highest BCUT2D eigenvalue weighted by molar-refractivity contribution is 5.89. The number of hydrogen-bond donors (Lipinski definition) is 1. The molecule has 23 heavy (non-hydrogen) atoms. The summed E-state index contributed by atoms with van der Waals surface area (Å²) in [5.41, 5.74) is 2.13. The molecule has 0 aliphatic rings. The summed E-state index contributed by atoms with van der Waals surface area (Å²) in [6.45, 7) is 1.83. The highest BCUT2D eigenvalue weighted by Crippen LogP contribution is 2.25. The van der Waals surface area contributed by atoms with Gasteiger partial charge in [-0.2, -0.15) is 0 Å². The molecule has 0 aliphatic carbocycles. The van der Waals surface area contributed by atoms with Crippen molar-refractivity contribution < 1.29 is 19.1 Å². The summed E-state index contributed by atoms with van der Waals surface area (Å²) in [6.07, 6.45) is 1.54. The van der Waals surface area contributed by atoms with E-state index in [1.807, 2.05) is 0 Å². The van der Waals surface area contributed by atoms with Crippen LogP contribution in [0, 0.1) is 0 Å². The Morgan fingerprint density at radius 2 is 2.09 bits per heavy atom. The summed E-state index contributed by atoms with van der Waals surface area (Å²) in [6, 6.07) is 10.3. The van der Waals surface area contributed by atoms with Crippen LogP contribution < -0.4 is 0 Å². The zero-order valence-corrected chi connectivity index (χ0v) is 12.5. The predicted octanol–water partition coefficient (Wildman–Crippen LogP) is 2.20. The van der Waals surface area contributed by atoms with E-state index in [-0.39, 0.29) is 12.6 Å². The van der Waals surface area contributed by atoms with Crippen molar-refractivity contribution in [2.24, 2.45) is 0 Å². The minimum Gasteiger partial charge on any atom is -0.463 e. The summed E-state index contributed by atoms with van der Waals surface area (Å²) in [5.74, 6) is 0.175. The second kappa shape index (κ2) is 6.45. The first-order valence-corrected chi connectivity index (χ1v) is 7.11. The maximum Gasteiger partial charge on any atom is 0.338 e. The molecule has 0 saturated carbocycles. The minimum atomic E-state index is -0.375. The third-order valence-electron chi connectivity index (χ3n) is 3.27. The summed E-state index contributed by atoms with van der Waals surface area (Å²) >= 11 is 0. The van der Waals surface area contributed by atoms with E-state index < -0.39 is 0 Å². The van der Waals surface area contributed by atoms with Gasteiger partial charge in [-0.25, -0.2) is 9.48 Å². The number of aliphatic hydroxyl groups excluding tert-OH is 1. The van der Waals surface area contributed by atoms with Gasteiger partial charge in [0.1, 0.15) is 11.4 Å². The molecule has 118 valence electrons. The lowest BCUT2D eigenvalue weighted by molar-refractivity contribution is 0.0526. The number of aromatic nitrogens is 3. The van der Waals surface area contributed by atoms with Gasteiger partial charge in [-0.15, -0.1) is 5.10 Å². The van der Waals surface area contributed by atoms with Crippen LogP contribution in [0.5, 0.6) is 0 Å². The van der Waals surface area contributed by atoms with Gasteiger partial charge in [-0.05, 0) is 43.3 Å². The maximum absolute atomic E-state index is 11.7. The first kappa shape index (κ1) is 15.0. The van der Waals surface area contributed by atoms with E-state index in [4.69, 9.17) is 9.15 Å². The molecule has 0 bridgehead atoms. The number of carbonyl (C=O) groups is 1. The topological polar surface area (TPSA) is 90.4 Å². The van der Waals surface area contributed by atoms with Gasteiger partial charge in [-0.3, -0.25) is 0 Å². The molecule has 2 heterocycles. The van der Waals surface area contributed by atoms with Crippen molar-refractivity contribution in [2.45, 2.75) is 13.5 Å². The SMILES string of the molecule is CCOC(=O)c1ccc(-n2nnc(CO)c2-c2ccco2)cc1. The van der Waals surface area contributed by atoms with Gasteiger partial charge in [0.2, 0.25) is 0 Å². The summed E-state index contributed by atoms with van der Waals surface area (Å²) < 4.78 is 11.9. The van der Waals surface area contributed by atoms with Crippen LogP contribution in [0.2, 0.25) is 0 Å². The first-order valence-electron chi connectivity index (χ1n) is 7.11. The van der Waals surface area contributed by atoms with Crippen molar-refractivity contribution in [1.29, 1.82) is 0 Å². The van der Waals surface area contributed by atoms with Crippen LogP contribution in [-0.4, -0.2) is 32.7 Å². The van der Waals surface area contributed by atoms with Gasteiger partial charge in [0.15, 0.2) is 5.76 Å². The molecule has 3 aromatic rings. The lowest BCUT2D eigenvalue weighted by Gasteiger charge is -2.07. The van der Waals surface area contributed by atoms with Crippen LogP contribution >= 0.6 is 0 Å². The average Bonchev–Trinajstić information content (AvgIpc) is 3.24. The Morgan fingerprint density at radius 1 is 1.30 bits per heavy atom. The molecule has 2 aromatic heterocycles. The number of nitrogens with zero attached hydrogens (tertiary/aromatic N) is 3. The fourth-order valence-electron chi connectivity index (χ4n) is 2.21. The number of carbonyl (C=O) groups excluding carboxylic acids is 1. The quantitative estimate of drug-likeness (QED) is 0.726. The van der Waals surface area contributed by atoms with E-state index in [1.165, 1.54) is 6.26 Å². The molecule has 0 aliphatic heterocycles. The monoisotopic (exact) mass is 313 g/mol. The summed E-state index contributed by atoms with van der Waals surface area (Å²) in [4.78, 5) is 11.7. The molecular weight excluding hydrogens is 298 g/mol. The minimum absolute atomic E-state index is 0.253. The molecule has 0 saturated heterocycles. The van der Waals surface area contributed by atoms with Gasteiger partial charge >= 0.3 is 5.97 Å². The van der Waals surface area contributed by atoms with Crippen molar-refractivity contribution >= 4 is 5.97 Å². The fraction of sp³-hybridized carbons (Fsp3) is 0.188. The number of benzene rings is 1. The average molecular weight is 313 g/mol. The first-order chi connectivity index (χ1) is 11.2. The molecule has 0 spiro atoms. The highest BCUT2D eigenvalue weighted by atomic mass is 16.5. The van der Waals surface area contributed by atoms with Crippen LogP contribution in [0.1, 0.15) is 23.0 Å². The van der Waals surface area contributed by atoms with Crippen molar-refractivity contribution in [1.82, 2.24) is 15.0 Å². The molecule has 7 heteroatoms. The third kappa shape index (κ3) is 2.86. The van der Waals surface area contributed by atoms with Crippen LogP contribution in [0.3, 0.4) is 0 Å². The Bertz CT molecular complexity index is 791. The van der Waals surface area contributed by atoms with Gasteiger partial charge in [0.05, 0.1) is 30.7 Å². The van der Waals surface area contributed by atoms with Gasteiger partial charge in [0, 0.05) is 0 Å². The Balaban J connectivity index is 1.99. The summed E-state index contributed by atoms with van der Waals surface area (Å²) in [5, 5.41) is 17.5. The van der Waals surface area contributed by atoms with Gasteiger partial charge in [0.25, 0.3) is 0 Å². The predicted molar refractivity (Wildman–Crippen MR) is 80.9 cm³/mol. The molecule has 1 N–H and O–H groups in total. The Morgan fingerprint density at radius 3 is 2.70 bits per heavy atom. The second-order valence-corrected chi connectivity index (χ2v) is 4.70. The smallest absolute Gasteiger partial charge is 0.338 e. The van der Waals surface area contributed by atoms with E-state index in [9.17, 15) is 9.90 Å². The van der Waals surface area contributed by atoms with Crippen LogP contribution in [0.15, 0.2) is 47.1 Å². The largest absolute Gasteiger partial charge is 0.463 e. The second-order valence-electron chi connectivity index (χ2n) is 4.70.